The number of carbonyl (C=O) groups is 1. The number of nitro benzene ring substituents is 1. The molecule has 1 aromatic heterocycles. The van der Waals surface area contributed by atoms with Crippen LogP contribution in [0.1, 0.15) is 10.4 Å². The summed E-state index contributed by atoms with van der Waals surface area (Å²) in [5.74, 6) is -0.771. The Bertz CT molecular complexity index is 1430. The van der Waals surface area contributed by atoms with E-state index in [9.17, 15) is 33.7 Å². The Morgan fingerprint density at radius 3 is 2.41 bits per heavy atom. The van der Waals surface area contributed by atoms with Gasteiger partial charge in [0, 0.05) is 28.9 Å². The molecule has 174 valence electrons. The molecule has 3 aromatic carbocycles. The Kier molecular flexibility index (Phi) is 6.12. The topological polar surface area (TPSA) is 157 Å². The van der Waals surface area contributed by atoms with E-state index in [-0.39, 0.29) is 22.6 Å². The van der Waals surface area contributed by atoms with Crippen LogP contribution in [0.5, 0.6) is 0 Å². The molecule has 0 spiro atoms. The number of anilines is 1. The molecule has 0 saturated heterocycles. The zero-order chi connectivity index (χ0) is 24.5. The van der Waals surface area contributed by atoms with E-state index in [1.54, 1.807) is 24.3 Å². The Balaban J connectivity index is 1.66. The fourth-order valence-electron chi connectivity index (χ4n) is 3.11. The second-order valence-electron chi connectivity index (χ2n) is 7.12. The monoisotopic (exact) mass is 486 g/mol. The third kappa shape index (κ3) is 5.09. The van der Waals surface area contributed by atoms with E-state index >= 15 is 0 Å². The summed E-state index contributed by atoms with van der Waals surface area (Å²) >= 11 is 0. The van der Waals surface area contributed by atoms with Crippen molar-refractivity contribution < 1.29 is 33.3 Å². The summed E-state index contributed by atoms with van der Waals surface area (Å²) in [5.41, 5.74) is 1.33. The molecular formula is C21H16FN4O7P. The van der Waals surface area contributed by atoms with Crippen LogP contribution in [-0.2, 0) is 4.57 Å². The van der Waals surface area contributed by atoms with Gasteiger partial charge in [-0.25, -0.2) is 9.37 Å². The zero-order valence-corrected chi connectivity index (χ0v) is 18.1. The molecule has 11 nitrogen and oxygen atoms in total. The van der Waals surface area contributed by atoms with Gasteiger partial charge in [-0.15, -0.1) is 0 Å². The van der Waals surface area contributed by atoms with E-state index in [1.807, 2.05) is 0 Å². The normalized spacial score (nSPS) is 11.4. The molecule has 4 rings (SSSR count). The van der Waals surface area contributed by atoms with E-state index in [4.69, 9.17) is 4.84 Å². The average Bonchev–Trinajstić information content (AvgIpc) is 3.16. The van der Waals surface area contributed by atoms with Gasteiger partial charge in [0.15, 0.2) is 5.82 Å². The van der Waals surface area contributed by atoms with Crippen molar-refractivity contribution in [3.63, 3.8) is 0 Å². The number of amides is 1. The van der Waals surface area contributed by atoms with Crippen molar-refractivity contribution in [1.29, 1.82) is 0 Å². The molecule has 0 atom stereocenters. The predicted octanol–water partition coefficient (Wildman–Crippen LogP) is 3.57. The smallest absolute Gasteiger partial charge is 0.365 e. The van der Waals surface area contributed by atoms with Gasteiger partial charge in [-0.05, 0) is 54.6 Å². The van der Waals surface area contributed by atoms with Gasteiger partial charge in [0.1, 0.15) is 11.3 Å². The van der Waals surface area contributed by atoms with Crippen molar-refractivity contribution in [3.05, 3.63) is 88.2 Å². The summed E-state index contributed by atoms with van der Waals surface area (Å²) in [5, 5.41) is 13.8. The number of rotatable bonds is 7. The lowest BCUT2D eigenvalue weighted by Gasteiger charge is -2.12. The fourth-order valence-corrected chi connectivity index (χ4v) is 3.37. The standard InChI is InChI=1S/C21H16FN4O7P/c22-15-5-1-14(2-6-15)21(27)23-16-7-3-13(4-8-16)20-24-18-10-9-17(26(28)29)11-19(18)25(20)33-12-34(30,31)32/h1-11H,12H2,(H,23,27)(H2,30,31,32). The fraction of sp³-hybridized carbons (Fsp3) is 0.0476. The van der Waals surface area contributed by atoms with Gasteiger partial charge in [-0.1, -0.05) is 0 Å². The van der Waals surface area contributed by atoms with Gasteiger partial charge in [0.05, 0.1) is 10.4 Å². The summed E-state index contributed by atoms with van der Waals surface area (Å²) in [4.78, 5) is 50.9. The molecule has 0 saturated carbocycles. The maximum atomic E-state index is 13.0. The van der Waals surface area contributed by atoms with Crippen LogP contribution < -0.4 is 10.2 Å². The van der Waals surface area contributed by atoms with Crippen molar-refractivity contribution in [2.45, 2.75) is 0 Å². The molecule has 0 radical (unpaired) electrons. The first-order valence-electron chi connectivity index (χ1n) is 9.63. The lowest BCUT2D eigenvalue weighted by atomic mass is 10.1. The number of nitrogens with zero attached hydrogens (tertiary/aromatic N) is 3. The van der Waals surface area contributed by atoms with Crippen LogP contribution in [0.2, 0.25) is 0 Å². The number of nitrogens with one attached hydrogen (secondary N) is 1. The molecular weight excluding hydrogens is 470 g/mol. The molecule has 34 heavy (non-hydrogen) atoms. The van der Waals surface area contributed by atoms with Crippen LogP contribution in [0, 0.1) is 15.9 Å². The number of aromatic nitrogens is 2. The first-order chi connectivity index (χ1) is 16.1. The highest BCUT2D eigenvalue weighted by Gasteiger charge is 2.21. The Morgan fingerprint density at radius 2 is 1.79 bits per heavy atom. The van der Waals surface area contributed by atoms with Gasteiger partial charge in [0.25, 0.3) is 11.6 Å². The van der Waals surface area contributed by atoms with Crippen molar-refractivity contribution in [2.24, 2.45) is 0 Å². The molecule has 3 N–H and O–H groups in total. The second-order valence-corrected chi connectivity index (χ2v) is 8.71. The molecule has 0 unspecified atom stereocenters. The van der Waals surface area contributed by atoms with E-state index < -0.39 is 30.6 Å². The quantitative estimate of drug-likeness (QED) is 0.203. The van der Waals surface area contributed by atoms with Crippen molar-refractivity contribution in [3.8, 4) is 11.4 Å². The Labute approximate surface area is 190 Å². The van der Waals surface area contributed by atoms with Crippen LogP contribution in [-0.4, -0.2) is 36.7 Å². The maximum absolute atomic E-state index is 13.0. The molecule has 1 heterocycles. The highest BCUT2D eigenvalue weighted by molar-refractivity contribution is 7.51. The third-order valence-corrected chi connectivity index (χ3v) is 5.12. The molecule has 0 aliphatic carbocycles. The number of non-ortho nitro benzene ring substituents is 1. The summed E-state index contributed by atoms with van der Waals surface area (Å²) < 4.78 is 25.4. The van der Waals surface area contributed by atoms with E-state index in [0.717, 1.165) is 4.73 Å². The third-order valence-electron chi connectivity index (χ3n) is 4.67. The number of halogens is 1. The minimum atomic E-state index is -4.56. The molecule has 0 aliphatic heterocycles. The molecule has 1 amide bonds. The van der Waals surface area contributed by atoms with E-state index in [1.165, 1.54) is 42.5 Å². The number of carbonyl (C=O) groups excluding carboxylic acids is 1. The predicted molar refractivity (Wildman–Crippen MR) is 120 cm³/mol. The highest BCUT2D eigenvalue weighted by Crippen LogP contribution is 2.34. The number of fused-ring (bicyclic) bond motifs is 1. The highest BCUT2D eigenvalue weighted by atomic mass is 31.2. The molecule has 4 aromatic rings. The maximum Gasteiger partial charge on any atom is 0.365 e. The summed E-state index contributed by atoms with van der Waals surface area (Å²) in [6, 6.07) is 15.1. The van der Waals surface area contributed by atoms with Crippen molar-refractivity contribution in [2.75, 3.05) is 11.7 Å². The van der Waals surface area contributed by atoms with Crippen LogP contribution in [0.3, 0.4) is 0 Å². The largest absolute Gasteiger partial charge is 0.399 e. The Morgan fingerprint density at radius 1 is 1.12 bits per heavy atom. The summed E-state index contributed by atoms with van der Waals surface area (Å²) in [6.45, 7) is 0. The van der Waals surface area contributed by atoms with Crippen LogP contribution >= 0.6 is 7.60 Å². The van der Waals surface area contributed by atoms with Gasteiger partial charge in [-0.2, -0.15) is 4.73 Å². The SMILES string of the molecule is O=C(Nc1ccc(-c2nc3ccc([N+](=O)[O-])cc3n2OCP(=O)(O)O)cc1)c1ccc(F)cc1. The van der Waals surface area contributed by atoms with E-state index in [2.05, 4.69) is 10.3 Å². The van der Waals surface area contributed by atoms with Gasteiger partial charge >= 0.3 is 7.60 Å². The lowest BCUT2D eigenvalue weighted by molar-refractivity contribution is -0.384. The average molecular weight is 486 g/mol. The first-order valence-corrected chi connectivity index (χ1v) is 11.4. The van der Waals surface area contributed by atoms with Crippen LogP contribution in [0.15, 0.2) is 66.7 Å². The van der Waals surface area contributed by atoms with Crippen molar-refractivity contribution in [1.82, 2.24) is 9.71 Å². The zero-order valence-electron chi connectivity index (χ0n) is 17.2. The Hall–Kier alpha value is -4.12. The summed E-state index contributed by atoms with van der Waals surface area (Å²) in [6.07, 6.45) is -0.972. The second kappa shape index (κ2) is 9.02. The van der Waals surface area contributed by atoms with Crippen LogP contribution in [0.4, 0.5) is 15.8 Å². The minimum Gasteiger partial charge on any atom is -0.399 e. The molecule has 0 bridgehead atoms. The van der Waals surface area contributed by atoms with Gasteiger partial charge in [-0.3, -0.25) is 19.5 Å². The summed E-state index contributed by atoms with van der Waals surface area (Å²) in [7, 11) is -4.56. The molecule has 13 heteroatoms. The number of imidazole rings is 1. The van der Waals surface area contributed by atoms with Gasteiger partial charge < -0.3 is 19.9 Å². The van der Waals surface area contributed by atoms with Crippen LogP contribution in [0.25, 0.3) is 22.4 Å². The number of hydrogen-bond donors (Lipinski definition) is 3. The van der Waals surface area contributed by atoms with Gasteiger partial charge in [0.2, 0.25) is 6.35 Å². The molecule has 0 fully saturated rings. The number of hydrogen-bond acceptors (Lipinski definition) is 6. The number of benzene rings is 3. The van der Waals surface area contributed by atoms with E-state index in [0.29, 0.717) is 16.8 Å². The number of nitro groups is 1. The first kappa shape index (κ1) is 23.1. The lowest BCUT2D eigenvalue weighted by Crippen LogP contribution is -2.14. The van der Waals surface area contributed by atoms with Crippen molar-refractivity contribution >= 4 is 35.9 Å². The minimum absolute atomic E-state index is 0.139. The molecule has 0 aliphatic rings.